The van der Waals surface area contributed by atoms with Crippen LogP contribution in [0, 0.1) is 5.41 Å². The molecule has 2 fully saturated rings. The number of hydrogen-bond acceptors (Lipinski definition) is 4. The van der Waals surface area contributed by atoms with Crippen molar-refractivity contribution in [2.45, 2.75) is 32.1 Å². The molecular weight excluding hydrogens is 296 g/mol. The van der Waals surface area contributed by atoms with Crippen LogP contribution >= 0.6 is 11.8 Å². The molecular formula is C13H20N2O3S2. The van der Waals surface area contributed by atoms with E-state index in [4.69, 9.17) is 0 Å². The Morgan fingerprint density at radius 1 is 1.50 bits per heavy atom. The normalized spacial score (nSPS) is 30.6. The molecule has 112 valence electrons. The molecule has 5 nitrogen and oxygen atoms in total. The molecule has 2 atom stereocenters. The molecule has 0 aromatic heterocycles. The molecule has 0 spiro atoms. The Bertz CT molecular complexity index is 561. The van der Waals surface area contributed by atoms with Crippen LogP contribution in [0.1, 0.15) is 20.8 Å². The van der Waals surface area contributed by atoms with Gasteiger partial charge in [-0.1, -0.05) is 38.6 Å². The minimum Gasteiger partial charge on any atom is -0.342 e. The molecule has 20 heavy (non-hydrogen) atoms. The number of sulfone groups is 1. The standard InChI is InChI=1S/C13H20N2O3S2/c1-5-6-15-9-7-20(17,18)8-10(9)19-12(15)14-11(16)13(2,3)4/h5,9-10H,1,6-8H2,2-4H3/t9-,10-/m0/s1. The van der Waals surface area contributed by atoms with Crippen LogP contribution in [0.4, 0.5) is 0 Å². The van der Waals surface area contributed by atoms with E-state index in [-0.39, 0.29) is 28.7 Å². The van der Waals surface area contributed by atoms with Crippen LogP contribution in [0.15, 0.2) is 17.6 Å². The summed E-state index contributed by atoms with van der Waals surface area (Å²) in [5.41, 5.74) is -0.531. The second-order valence-electron chi connectivity index (χ2n) is 6.19. The first-order chi connectivity index (χ1) is 9.14. The Morgan fingerprint density at radius 3 is 2.70 bits per heavy atom. The van der Waals surface area contributed by atoms with Gasteiger partial charge < -0.3 is 4.90 Å². The van der Waals surface area contributed by atoms with E-state index in [1.807, 2.05) is 25.7 Å². The van der Waals surface area contributed by atoms with Crippen molar-refractivity contribution in [3.8, 4) is 0 Å². The zero-order valence-electron chi connectivity index (χ0n) is 12.0. The van der Waals surface area contributed by atoms with E-state index in [1.54, 1.807) is 6.08 Å². The third-order valence-corrected chi connectivity index (χ3v) is 6.59. The van der Waals surface area contributed by atoms with E-state index in [0.717, 1.165) is 0 Å². The highest BCUT2D eigenvalue weighted by Gasteiger charge is 2.48. The fourth-order valence-electron chi connectivity index (χ4n) is 2.24. The van der Waals surface area contributed by atoms with Crippen molar-refractivity contribution in [3.05, 3.63) is 12.7 Å². The lowest BCUT2D eigenvalue weighted by Gasteiger charge is -2.23. The van der Waals surface area contributed by atoms with E-state index >= 15 is 0 Å². The molecule has 0 aromatic carbocycles. The maximum absolute atomic E-state index is 12.0. The number of carbonyl (C=O) groups excluding carboxylic acids is 1. The van der Waals surface area contributed by atoms with Crippen molar-refractivity contribution in [1.82, 2.24) is 4.90 Å². The van der Waals surface area contributed by atoms with Gasteiger partial charge in [0, 0.05) is 17.2 Å². The smallest absolute Gasteiger partial charge is 0.253 e. The van der Waals surface area contributed by atoms with Gasteiger partial charge in [-0.25, -0.2) is 8.42 Å². The SMILES string of the molecule is C=CCN1C(=NC(=O)C(C)(C)C)S[C@H]2CS(=O)(=O)C[C@@H]21. The number of nitrogens with zero attached hydrogens (tertiary/aromatic N) is 2. The highest BCUT2D eigenvalue weighted by Crippen LogP contribution is 2.38. The zero-order chi connectivity index (χ0) is 15.1. The van der Waals surface area contributed by atoms with E-state index < -0.39 is 15.3 Å². The lowest BCUT2D eigenvalue weighted by Crippen LogP contribution is -2.38. The fourth-order valence-corrected chi connectivity index (χ4v) is 6.20. The zero-order valence-corrected chi connectivity index (χ0v) is 13.6. The van der Waals surface area contributed by atoms with Crippen molar-refractivity contribution in [2.75, 3.05) is 18.1 Å². The van der Waals surface area contributed by atoms with Gasteiger partial charge in [-0.2, -0.15) is 4.99 Å². The molecule has 0 bridgehead atoms. The molecule has 0 N–H and O–H groups in total. The number of amidine groups is 1. The summed E-state index contributed by atoms with van der Waals surface area (Å²) in [5.74, 6) is 0.122. The number of hydrogen-bond donors (Lipinski definition) is 0. The molecule has 2 heterocycles. The lowest BCUT2D eigenvalue weighted by atomic mass is 9.96. The van der Waals surface area contributed by atoms with Gasteiger partial charge in [0.15, 0.2) is 15.0 Å². The van der Waals surface area contributed by atoms with Crippen LogP contribution in [-0.4, -0.2) is 53.7 Å². The molecule has 7 heteroatoms. The molecule has 2 saturated heterocycles. The van der Waals surface area contributed by atoms with Gasteiger partial charge in [0.2, 0.25) is 0 Å². The quantitative estimate of drug-likeness (QED) is 0.719. The number of amides is 1. The molecule has 0 saturated carbocycles. The summed E-state index contributed by atoms with van der Waals surface area (Å²) in [6.07, 6.45) is 1.71. The highest BCUT2D eigenvalue weighted by atomic mass is 32.2. The van der Waals surface area contributed by atoms with Crippen LogP contribution in [0.3, 0.4) is 0 Å². The second-order valence-corrected chi connectivity index (χ2v) is 9.55. The molecule has 2 rings (SSSR count). The molecule has 0 aliphatic carbocycles. The summed E-state index contributed by atoms with van der Waals surface area (Å²) in [4.78, 5) is 18.1. The number of aliphatic imine (C=N–C) groups is 1. The van der Waals surface area contributed by atoms with Gasteiger partial charge >= 0.3 is 0 Å². The van der Waals surface area contributed by atoms with Gasteiger partial charge in [-0.05, 0) is 0 Å². The third kappa shape index (κ3) is 3.09. The molecule has 0 aromatic rings. The van der Waals surface area contributed by atoms with Crippen molar-refractivity contribution in [2.24, 2.45) is 10.4 Å². The fraction of sp³-hybridized carbons (Fsp3) is 0.692. The molecule has 0 radical (unpaired) electrons. The molecule has 1 amide bonds. The Morgan fingerprint density at radius 2 is 2.15 bits per heavy atom. The van der Waals surface area contributed by atoms with Gasteiger partial charge in [-0.15, -0.1) is 6.58 Å². The number of thioether (sulfide) groups is 1. The van der Waals surface area contributed by atoms with Crippen LogP contribution in [0.5, 0.6) is 0 Å². The topological polar surface area (TPSA) is 66.8 Å². The minimum absolute atomic E-state index is 0.0218. The van der Waals surface area contributed by atoms with Crippen LogP contribution in [0.25, 0.3) is 0 Å². The number of carbonyl (C=O) groups is 1. The lowest BCUT2D eigenvalue weighted by molar-refractivity contribution is -0.124. The summed E-state index contributed by atoms with van der Waals surface area (Å²) >= 11 is 1.40. The van der Waals surface area contributed by atoms with Gasteiger partial charge in [0.05, 0.1) is 17.5 Å². The maximum Gasteiger partial charge on any atom is 0.253 e. The molecule has 2 aliphatic heterocycles. The third-order valence-electron chi connectivity index (χ3n) is 3.34. The predicted molar refractivity (Wildman–Crippen MR) is 82.6 cm³/mol. The average Bonchev–Trinajstić information content (AvgIpc) is 2.72. The molecule has 0 unspecified atom stereocenters. The average molecular weight is 316 g/mol. The van der Waals surface area contributed by atoms with Crippen molar-refractivity contribution in [3.63, 3.8) is 0 Å². The monoisotopic (exact) mass is 316 g/mol. The maximum atomic E-state index is 12.0. The van der Waals surface area contributed by atoms with E-state index in [0.29, 0.717) is 11.7 Å². The van der Waals surface area contributed by atoms with E-state index in [2.05, 4.69) is 11.6 Å². The predicted octanol–water partition coefficient (Wildman–Crippen LogP) is 1.32. The summed E-state index contributed by atoms with van der Waals surface area (Å²) in [5, 5.41) is 0.612. The first-order valence-corrected chi connectivity index (χ1v) is 9.22. The number of rotatable bonds is 2. The second kappa shape index (κ2) is 5.18. The van der Waals surface area contributed by atoms with Crippen molar-refractivity contribution < 1.29 is 13.2 Å². The van der Waals surface area contributed by atoms with Gasteiger partial charge in [-0.3, -0.25) is 4.79 Å². The largest absolute Gasteiger partial charge is 0.342 e. The van der Waals surface area contributed by atoms with Crippen molar-refractivity contribution >= 4 is 32.7 Å². The van der Waals surface area contributed by atoms with Crippen molar-refractivity contribution in [1.29, 1.82) is 0 Å². The Kier molecular flexibility index (Phi) is 4.03. The van der Waals surface area contributed by atoms with Gasteiger partial charge in [0.1, 0.15) is 0 Å². The van der Waals surface area contributed by atoms with Crippen LogP contribution < -0.4 is 0 Å². The summed E-state index contributed by atoms with van der Waals surface area (Å²) in [6.45, 7) is 9.68. The first-order valence-electron chi connectivity index (χ1n) is 6.52. The van der Waals surface area contributed by atoms with E-state index in [1.165, 1.54) is 11.8 Å². The van der Waals surface area contributed by atoms with Crippen LogP contribution in [0.2, 0.25) is 0 Å². The summed E-state index contributed by atoms with van der Waals surface area (Å²) in [7, 11) is -2.97. The summed E-state index contributed by atoms with van der Waals surface area (Å²) in [6, 6.07) is -0.0884. The van der Waals surface area contributed by atoms with Crippen LogP contribution in [-0.2, 0) is 14.6 Å². The van der Waals surface area contributed by atoms with Gasteiger partial charge in [0.25, 0.3) is 5.91 Å². The highest BCUT2D eigenvalue weighted by molar-refractivity contribution is 8.15. The minimum atomic E-state index is -2.97. The Balaban J connectivity index is 2.26. The first kappa shape index (κ1) is 15.6. The Labute approximate surface area is 124 Å². The molecule has 2 aliphatic rings. The Hall–Kier alpha value is -0.820. The summed E-state index contributed by atoms with van der Waals surface area (Å²) < 4.78 is 23.4. The number of fused-ring (bicyclic) bond motifs is 1. The van der Waals surface area contributed by atoms with E-state index in [9.17, 15) is 13.2 Å².